The Bertz CT molecular complexity index is 439. The molecule has 0 radical (unpaired) electrons. The van der Waals surface area contributed by atoms with E-state index in [1.807, 2.05) is 24.0 Å². The number of carbonyl (C=O) groups excluding carboxylic acids is 1. The normalized spacial score (nSPS) is 15.0. The summed E-state index contributed by atoms with van der Waals surface area (Å²) in [6.45, 7) is 8.75. The fraction of sp³-hybridized carbons (Fsp3) is 0.562. The van der Waals surface area contributed by atoms with E-state index >= 15 is 0 Å². The van der Waals surface area contributed by atoms with Gasteiger partial charge in [-0.2, -0.15) is 0 Å². The van der Waals surface area contributed by atoms with E-state index < -0.39 is 0 Å². The predicted molar refractivity (Wildman–Crippen MR) is 85.1 cm³/mol. The number of anilines is 1. The first kappa shape index (κ1) is 15.5. The number of ether oxygens (including phenoxy) is 1. The van der Waals surface area contributed by atoms with Gasteiger partial charge in [0, 0.05) is 38.4 Å². The van der Waals surface area contributed by atoms with E-state index in [9.17, 15) is 4.79 Å². The van der Waals surface area contributed by atoms with Gasteiger partial charge < -0.3 is 19.9 Å². The molecule has 1 aliphatic rings. The van der Waals surface area contributed by atoms with Crippen molar-refractivity contribution >= 4 is 11.7 Å². The van der Waals surface area contributed by atoms with Crippen molar-refractivity contribution in [3.8, 4) is 5.75 Å². The first-order valence-electron chi connectivity index (χ1n) is 7.75. The van der Waals surface area contributed by atoms with Crippen molar-refractivity contribution < 1.29 is 9.53 Å². The SMILES string of the molecule is CCCNC(=O)N1CCN(c2ccc(OCC)cc2)CC1. The van der Waals surface area contributed by atoms with E-state index in [0.717, 1.165) is 44.9 Å². The zero-order valence-corrected chi connectivity index (χ0v) is 13.0. The number of benzene rings is 1. The number of nitrogens with one attached hydrogen (secondary N) is 1. The molecule has 0 bridgehead atoms. The molecule has 2 amide bonds. The molecule has 5 nitrogen and oxygen atoms in total. The molecule has 0 aromatic heterocycles. The molecule has 0 spiro atoms. The molecule has 1 saturated heterocycles. The van der Waals surface area contributed by atoms with Crippen LogP contribution in [0.1, 0.15) is 20.3 Å². The van der Waals surface area contributed by atoms with Gasteiger partial charge in [0.05, 0.1) is 6.61 Å². The number of rotatable bonds is 5. The molecule has 1 aromatic carbocycles. The molecule has 1 fully saturated rings. The number of carbonyl (C=O) groups is 1. The lowest BCUT2D eigenvalue weighted by Crippen LogP contribution is -2.52. The Hall–Kier alpha value is -1.91. The minimum atomic E-state index is 0.0585. The van der Waals surface area contributed by atoms with Crippen LogP contribution in [0.25, 0.3) is 0 Å². The molecule has 0 unspecified atom stereocenters. The molecule has 0 atom stereocenters. The first-order chi connectivity index (χ1) is 10.2. The number of piperazine rings is 1. The van der Waals surface area contributed by atoms with Gasteiger partial charge in [0.25, 0.3) is 0 Å². The summed E-state index contributed by atoms with van der Waals surface area (Å²) < 4.78 is 5.45. The van der Waals surface area contributed by atoms with Crippen molar-refractivity contribution in [1.29, 1.82) is 0 Å². The Morgan fingerprint density at radius 2 is 1.81 bits per heavy atom. The maximum Gasteiger partial charge on any atom is 0.317 e. The monoisotopic (exact) mass is 291 g/mol. The number of hydrogen-bond acceptors (Lipinski definition) is 3. The second-order valence-electron chi connectivity index (χ2n) is 5.13. The Labute approximate surface area is 126 Å². The van der Waals surface area contributed by atoms with Crippen LogP contribution in [0.2, 0.25) is 0 Å². The predicted octanol–water partition coefficient (Wildman–Crippen LogP) is 2.33. The van der Waals surface area contributed by atoms with Crippen LogP contribution in [0.5, 0.6) is 5.75 Å². The zero-order chi connectivity index (χ0) is 15.1. The molecule has 0 saturated carbocycles. The summed E-state index contributed by atoms with van der Waals surface area (Å²) in [5.41, 5.74) is 1.19. The third-order valence-corrected chi connectivity index (χ3v) is 3.61. The average Bonchev–Trinajstić information content (AvgIpc) is 2.54. The summed E-state index contributed by atoms with van der Waals surface area (Å²) in [4.78, 5) is 16.1. The van der Waals surface area contributed by atoms with Gasteiger partial charge in [-0.3, -0.25) is 0 Å². The van der Waals surface area contributed by atoms with Crippen molar-refractivity contribution in [2.24, 2.45) is 0 Å². The largest absolute Gasteiger partial charge is 0.494 e. The standard InChI is InChI=1S/C16H25N3O2/c1-3-9-17-16(20)19-12-10-18(11-13-19)14-5-7-15(8-6-14)21-4-2/h5-8H,3-4,9-13H2,1-2H3,(H,17,20). The number of nitrogens with zero attached hydrogens (tertiary/aromatic N) is 2. The van der Waals surface area contributed by atoms with Gasteiger partial charge in [-0.05, 0) is 37.6 Å². The van der Waals surface area contributed by atoms with Gasteiger partial charge in [-0.15, -0.1) is 0 Å². The summed E-state index contributed by atoms with van der Waals surface area (Å²) in [6, 6.07) is 8.22. The zero-order valence-electron chi connectivity index (χ0n) is 13.0. The molecule has 21 heavy (non-hydrogen) atoms. The van der Waals surface area contributed by atoms with Gasteiger partial charge >= 0.3 is 6.03 Å². The highest BCUT2D eigenvalue weighted by molar-refractivity contribution is 5.74. The van der Waals surface area contributed by atoms with Crippen LogP contribution in [0.3, 0.4) is 0 Å². The molecule has 0 aliphatic carbocycles. The minimum absolute atomic E-state index is 0.0585. The lowest BCUT2D eigenvalue weighted by molar-refractivity contribution is 0.194. The minimum Gasteiger partial charge on any atom is -0.494 e. The van der Waals surface area contributed by atoms with Crippen molar-refractivity contribution in [1.82, 2.24) is 10.2 Å². The second kappa shape index (κ2) is 7.76. The number of urea groups is 1. The smallest absolute Gasteiger partial charge is 0.317 e. The summed E-state index contributed by atoms with van der Waals surface area (Å²) >= 11 is 0. The maximum absolute atomic E-state index is 11.9. The van der Waals surface area contributed by atoms with Gasteiger partial charge in [0.2, 0.25) is 0 Å². The Kier molecular flexibility index (Phi) is 5.72. The van der Waals surface area contributed by atoms with Crippen LogP contribution < -0.4 is 15.0 Å². The number of hydrogen-bond donors (Lipinski definition) is 1. The van der Waals surface area contributed by atoms with E-state index in [-0.39, 0.29) is 6.03 Å². The highest BCUT2D eigenvalue weighted by Crippen LogP contribution is 2.20. The molecular formula is C16H25N3O2. The van der Waals surface area contributed by atoms with Gasteiger partial charge in [-0.1, -0.05) is 6.92 Å². The van der Waals surface area contributed by atoms with Crippen LogP contribution in [-0.2, 0) is 0 Å². The quantitative estimate of drug-likeness (QED) is 0.905. The van der Waals surface area contributed by atoms with Crippen molar-refractivity contribution in [3.63, 3.8) is 0 Å². The Morgan fingerprint density at radius 1 is 1.14 bits per heavy atom. The fourth-order valence-corrected chi connectivity index (χ4v) is 2.43. The van der Waals surface area contributed by atoms with Crippen LogP contribution in [-0.4, -0.2) is 50.3 Å². The highest BCUT2D eigenvalue weighted by atomic mass is 16.5. The molecule has 2 rings (SSSR count). The van der Waals surface area contributed by atoms with Crippen molar-refractivity contribution in [2.75, 3.05) is 44.2 Å². The van der Waals surface area contributed by atoms with Gasteiger partial charge in [0.15, 0.2) is 0 Å². The lowest BCUT2D eigenvalue weighted by Gasteiger charge is -2.36. The van der Waals surface area contributed by atoms with Crippen LogP contribution in [0, 0.1) is 0 Å². The summed E-state index contributed by atoms with van der Waals surface area (Å²) in [5.74, 6) is 0.902. The van der Waals surface area contributed by atoms with Crippen LogP contribution in [0.4, 0.5) is 10.5 Å². The van der Waals surface area contributed by atoms with Gasteiger partial charge in [-0.25, -0.2) is 4.79 Å². The third kappa shape index (κ3) is 4.28. The summed E-state index contributed by atoms with van der Waals surface area (Å²) in [5, 5.41) is 2.93. The third-order valence-electron chi connectivity index (χ3n) is 3.61. The maximum atomic E-state index is 11.9. The Morgan fingerprint density at radius 3 is 2.38 bits per heavy atom. The van der Waals surface area contributed by atoms with E-state index in [1.54, 1.807) is 0 Å². The lowest BCUT2D eigenvalue weighted by atomic mass is 10.2. The second-order valence-corrected chi connectivity index (χ2v) is 5.13. The van der Waals surface area contributed by atoms with E-state index in [1.165, 1.54) is 5.69 Å². The van der Waals surface area contributed by atoms with Crippen molar-refractivity contribution in [2.45, 2.75) is 20.3 Å². The average molecular weight is 291 g/mol. The van der Waals surface area contributed by atoms with E-state index in [0.29, 0.717) is 6.61 Å². The summed E-state index contributed by atoms with van der Waals surface area (Å²) in [7, 11) is 0. The van der Waals surface area contributed by atoms with Crippen molar-refractivity contribution in [3.05, 3.63) is 24.3 Å². The molecule has 1 aromatic rings. The van der Waals surface area contributed by atoms with Crippen LogP contribution >= 0.6 is 0 Å². The molecule has 1 heterocycles. The molecular weight excluding hydrogens is 266 g/mol. The Balaban J connectivity index is 1.84. The topological polar surface area (TPSA) is 44.8 Å². The van der Waals surface area contributed by atoms with E-state index in [2.05, 4.69) is 29.3 Å². The number of amides is 2. The van der Waals surface area contributed by atoms with Gasteiger partial charge in [0.1, 0.15) is 5.75 Å². The summed E-state index contributed by atoms with van der Waals surface area (Å²) in [6.07, 6.45) is 0.970. The fourth-order valence-electron chi connectivity index (χ4n) is 2.43. The molecule has 1 aliphatic heterocycles. The molecule has 1 N–H and O–H groups in total. The highest BCUT2D eigenvalue weighted by Gasteiger charge is 2.20. The van der Waals surface area contributed by atoms with E-state index in [4.69, 9.17) is 4.74 Å². The molecule has 116 valence electrons. The first-order valence-corrected chi connectivity index (χ1v) is 7.75. The molecule has 5 heteroatoms. The van der Waals surface area contributed by atoms with Crippen LogP contribution in [0.15, 0.2) is 24.3 Å².